The van der Waals surface area contributed by atoms with Gasteiger partial charge in [0, 0.05) is 6.54 Å². The minimum absolute atomic E-state index is 0.348. The molecule has 0 atom stereocenters. The maximum atomic E-state index is 10.9. The number of amides is 1. The first-order chi connectivity index (χ1) is 4.98. The molecule has 1 amide bonds. The van der Waals surface area contributed by atoms with Crippen LogP contribution in [0.15, 0.2) is 12.7 Å². The lowest BCUT2D eigenvalue weighted by Gasteiger charge is -2.15. The summed E-state index contributed by atoms with van der Waals surface area (Å²) in [5, 5.41) is 11.7. The van der Waals surface area contributed by atoms with Crippen LogP contribution in [0.5, 0.6) is 0 Å². The Kier molecular flexibility index (Phi) is 3.82. The highest BCUT2D eigenvalue weighted by Crippen LogP contribution is 1.99. The van der Waals surface area contributed by atoms with Crippen molar-refractivity contribution in [2.45, 2.75) is 25.9 Å². The summed E-state index contributed by atoms with van der Waals surface area (Å²) >= 11 is 0. The van der Waals surface area contributed by atoms with Gasteiger partial charge in [0.2, 0.25) is 0 Å². The van der Waals surface area contributed by atoms with Crippen LogP contribution >= 0.6 is 0 Å². The molecule has 0 bridgehead atoms. The lowest BCUT2D eigenvalue weighted by atomic mass is 10.1. The third-order valence-electron chi connectivity index (χ3n) is 1.19. The zero-order valence-electron chi connectivity index (χ0n) is 7.05. The van der Waals surface area contributed by atoms with Crippen molar-refractivity contribution in [1.29, 1.82) is 0 Å². The summed E-state index contributed by atoms with van der Waals surface area (Å²) in [5.41, 5.74) is -1.28. The molecular weight excluding hydrogens is 142 g/mol. The van der Waals surface area contributed by atoms with E-state index in [2.05, 4.69) is 11.9 Å². The molecule has 3 heteroatoms. The molecule has 0 aromatic rings. The summed E-state index contributed by atoms with van der Waals surface area (Å²) in [6.45, 7) is 6.95. The molecule has 2 N–H and O–H groups in total. The average molecular weight is 157 g/mol. The number of carbonyl (C=O) groups excluding carboxylic acids is 1. The van der Waals surface area contributed by atoms with Gasteiger partial charge in [0.25, 0.3) is 5.91 Å². The number of aliphatic hydroxyl groups is 1. The molecule has 0 aliphatic rings. The predicted octanol–water partition coefficient (Wildman–Crippen LogP) is 0.450. The summed E-state index contributed by atoms with van der Waals surface area (Å²) in [6.07, 6.45) is 2.44. The van der Waals surface area contributed by atoms with Crippen LogP contribution in [-0.2, 0) is 4.79 Å². The Labute approximate surface area is 67.1 Å². The first-order valence-electron chi connectivity index (χ1n) is 3.60. The molecular formula is C8H15NO2. The van der Waals surface area contributed by atoms with Crippen LogP contribution < -0.4 is 5.32 Å². The van der Waals surface area contributed by atoms with E-state index in [1.165, 1.54) is 13.8 Å². The molecule has 11 heavy (non-hydrogen) atoms. The second-order valence-corrected chi connectivity index (χ2v) is 2.89. The van der Waals surface area contributed by atoms with Crippen molar-refractivity contribution < 1.29 is 9.90 Å². The molecule has 0 aliphatic carbocycles. The summed E-state index contributed by atoms with van der Waals surface area (Å²) in [5.74, 6) is -0.348. The standard InChI is InChI=1S/C8H15NO2/c1-4-5-6-9-7(10)8(2,3)11/h4,11H,1,5-6H2,2-3H3,(H,9,10). The van der Waals surface area contributed by atoms with E-state index in [0.29, 0.717) is 6.54 Å². The van der Waals surface area contributed by atoms with Crippen LogP contribution in [0.25, 0.3) is 0 Å². The van der Waals surface area contributed by atoms with E-state index in [1.807, 2.05) is 0 Å². The minimum Gasteiger partial charge on any atom is -0.381 e. The van der Waals surface area contributed by atoms with Crippen LogP contribution in [-0.4, -0.2) is 23.2 Å². The van der Waals surface area contributed by atoms with E-state index in [9.17, 15) is 4.79 Å². The third kappa shape index (κ3) is 4.56. The van der Waals surface area contributed by atoms with Crippen molar-refractivity contribution in [3.05, 3.63) is 12.7 Å². The van der Waals surface area contributed by atoms with Crippen molar-refractivity contribution in [2.24, 2.45) is 0 Å². The van der Waals surface area contributed by atoms with Gasteiger partial charge in [-0.2, -0.15) is 0 Å². The van der Waals surface area contributed by atoms with E-state index in [4.69, 9.17) is 5.11 Å². The van der Waals surface area contributed by atoms with Gasteiger partial charge in [-0.3, -0.25) is 4.79 Å². The first-order valence-corrected chi connectivity index (χ1v) is 3.60. The number of rotatable bonds is 4. The molecule has 0 radical (unpaired) electrons. The summed E-state index contributed by atoms with van der Waals surface area (Å²) in [6, 6.07) is 0. The monoisotopic (exact) mass is 157 g/mol. The number of carbonyl (C=O) groups is 1. The fourth-order valence-electron chi connectivity index (χ4n) is 0.504. The Bertz CT molecular complexity index is 147. The molecule has 0 saturated carbocycles. The smallest absolute Gasteiger partial charge is 0.251 e. The molecule has 0 saturated heterocycles. The van der Waals surface area contributed by atoms with Crippen LogP contribution in [0, 0.1) is 0 Å². The number of hydrogen-bond donors (Lipinski definition) is 2. The molecule has 0 aliphatic heterocycles. The van der Waals surface area contributed by atoms with E-state index in [0.717, 1.165) is 6.42 Å². The highest BCUT2D eigenvalue weighted by molar-refractivity contribution is 5.83. The zero-order chi connectivity index (χ0) is 8.91. The molecule has 0 unspecified atom stereocenters. The summed E-state index contributed by atoms with van der Waals surface area (Å²) in [7, 11) is 0. The van der Waals surface area contributed by atoms with E-state index in [-0.39, 0.29) is 5.91 Å². The maximum absolute atomic E-state index is 10.9. The molecule has 0 aromatic heterocycles. The quantitative estimate of drug-likeness (QED) is 0.460. The van der Waals surface area contributed by atoms with Crippen molar-refractivity contribution in [2.75, 3.05) is 6.54 Å². The topological polar surface area (TPSA) is 49.3 Å². The molecule has 0 fully saturated rings. The van der Waals surface area contributed by atoms with Crippen LogP contribution in [0.4, 0.5) is 0 Å². The molecule has 3 nitrogen and oxygen atoms in total. The van der Waals surface area contributed by atoms with Gasteiger partial charge >= 0.3 is 0 Å². The molecule has 0 heterocycles. The van der Waals surface area contributed by atoms with Gasteiger partial charge in [0.05, 0.1) is 0 Å². The van der Waals surface area contributed by atoms with Gasteiger partial charge in [0.15, 0.2) is 0 Å². The zero-order valence-corrected chi connectivity index (χ0v) is 7.05. The van der Waals surface area contributed by atoms with E-state index < -0.39 is 5.60 Å². The lowest BCUT2D eigenvalue weighted by molar-refractivity contribution is -0.136. The van der Waals surface area contributed by atoms with Crippen LogP contribution in [0.1, 0.15) is 20.3 Å². The van der Waals surface area contributed by atoms with Gasteiger partial charge in [-0.05, 0) is 20.3 Å². The Morgan fingerprint density at radius 3 is 2.64 bits per heavy atom. The third-order valence-corrected chi connectivity index (χ3v) is 1.19. The SMILES string of the molecule is C=CCCNC(=O)C(C)(C)O. The highest BCUT2D eigenvalue weighted by atomic mass is 16.3. The normalized spacial score (nSPS) is 10.8. The molecule has 64 valence electrons. The largest absolute Gasteiger partial charge is 0.381 e. The van der Waals surface area contributed by atoms with Gasteiger partial charge in [0.1, 0.15) is 5.60 Å². The van der Waals surface area contributed by atoms with E-state index >= 15 is 0 Å². The molecule has 0 aromatic carbocycles. The first kappa shape index (κ1) is 10.2. The van der Waals surface area contributed by atoms with Crippen molar-refractivity contribution >= 4 is 5.91 Å². The lowest BCUT2D eigenvalue weighted by Crippen LogP contribution is -2.42. The van der Waals surface area contributed by atoms with Gasteiger partial charge in [-0.15, -0.1) is 6.58 Å². The van der Waals surface area contributed by atoms with Gasteiger partial charge in [-0.1, -0.05) is 6.08 Å². The second kappa shape index (κ2) is 4.13. The van der Waals surface area contributed by atoms with Crippen LogP contribution in [0.2, 0.25) is 0 Å². The maximum Gasteiger partial charge on any atom is 0.251 e. The number of nitrogens with one attached hydrogen (secondary N) is 1. The predicted molar refractivity (Wildman–Crippen MR) is 44.1 cm³/mol. The average Bonchev–Trinajstić information content (AvgIpc) is 1.86. The fourth-order valence-corrected chi connectivity index (χ4v) is 0.504. The van der Waals surface area contributed by atoms with Crippen molar-refractivity contribution in [3.8, 4) is 0 Å². The minimum atomic E-state index is -1.28. The fraction of sp³-hybridized carbons (Fsp3) is 0.625. The van der Waals surface area contributed by atoms with Crippen molar-refractivity contribution in [3.63, 3.8) is 0 Å². The van der Waals surface area contributed by atoms with Crippen LogP contribution in [0.3, 0.4) is 0 Å². The Hall–Kier alpha value is -0.830. The Balaban J connectivity index is 3.62. The molecule has 0 rings (SSSR count). The van der Waals surface area contributed by atoms with Gasteiger partial charge in [-0.25, -0.2) is 0 Å². The Morgan fingerprint density at radius 2 is 2.27 bits per heavy atom. The van der Waals surface area contributed by atoms with E-state index in [1.54, 1.807) is 6.08 Å². The number of hydrogen-bond acceptors (Lipinski definition) is 2. The summed E-state index contributed by atoms with van der Waals surface area (Å²) in [4.78, 5) is 10.9. The van der Waals surface area contributed by atoms with Gasteiger partial charge < -0.3 is 10.4 Å². The Morgan fingerprint density at radius 1 is 1.73 bits per heavy atom. The second-order valence-electron chi connectivity index (χ2n) is 2.89. The molecule has 0 spiro atoms. The summed E-state index contributed by atoms with van der Waals surface area (Å²) < 4.78 is 0. The highest BCUT2D eigenvalue weighted by Gasteiger charge is 2.22. The van der Waals surface area contributed by atoms with Crippen molar-refractivity contribution in [1.82, 2.24) is 5.32 Å².